The lowest BCUT2D eigenvalue weighted by molar-refractivity contribution is -0.154. The molecule has 4 nitrogen and oxygen atoms in total. The second-order valence-electron chi connectivity index (χ2n) is 4.26. The van der Waals surface area contributed by atoms with Gasteiger partial charge in [0.1, 0.15) is 0 Å². The number of hydrogen-bond acceptors (Lipinski definition) is 4. The van der Waals surface area contributed by atoms with Crippen LogP contribution in [0.1, 0.15) is 16.7 Å². The van der Waals surface area contributed by atoms with Crippen LogP contribution in [-0.2, 0) is 16.0 Å². The number of aliphatic hydroxyl groups is 1. The smallest absolute Gasteiger partial charge is 0.344 e. The van der Waals surface area contributed by atoms with Crippen molar-refractivity contribution in [1.29, 1.82) is 0 Å². The number of esters is 1. The van der Waals surface area contributed by atoms with E-state index in [0.717, 1.165) is 16.7 Å². The van der Waals surface area contributed by atoms with Gasteiger partial charge in [0.15, 0.2) is 0 Å². The Morgan fingerprint density at radius 3 is 2.63 bits per heavy atom. The average Bonchev–Trinajstić information content (AvgIpc) is 2.71. The summed E-state index contributed by atoms with van der Waals surface area (Å²) < 4.78 is 4.66. The predicted molar refractivity (Wildman–Crippen MR) is 92.3 cm³/mol. The Kier molecular flexibility index (Phi) is 6.18. The molecule has 0 aromatic heterocycles. The van der Waals surface area contributed by atoms with Gasteiger partial charge in [0.2, 0.25) is 5.60 Å². The van der Waals surface area contributed by atoms with E-state index in [4.69, 9.17) is 0 Å². The summed E-state index contributed by atoms with van der Waals surface area (Å²) in [5.41, 5.74) is 1.59. The number of halogens is 2. The third-order valence-corrected chi connectivity index (χ3v) is 3.10. The van der Waals surface area contributed by atoms with Crippen molar-refractivity contribution in [2.75, 3.05) is 14.2 Å². The van der Waals surface area contributed by atoms with Crippen molar-refractivity contribution in [2.24, 2.45) is 4.99 Å². The van der Waals surface area contributed by atoms with Crippen LogP contribution in [-0.4, -0.2) is 36.5 Å². The average molecular weight is 487 g/mol. The van der Waals surface area contributed by atoms with Crippen molar-refractivity contribution in [3.8, 4) is 0 Å². The molecule has 19 heavy (non-hydrogen) atoms. The first-order valence-electron chi connectivity index (χ1n) is 5.55. The Morgan fingerprint density at radius 1 is 1.47 bits per heavy atom. The highest BCUT2D eigenvalue weighted by Crippen LogP contribution is 2.32. The largest absolute Gasteiger partial charge is 0.467 e. The summed E-state index contributed by atoms with van der Waals surface area (Å²) in [5, 5.41) is 10.4. The molecule has 0 amide bonds. The van der Waals surface area contributed by atoms with Crippen molar-refractivity contribution in [3.05, 3.63) is 34.9 Å². The van der Waals surface area contributed by atoms with E-state index in [1.807, 2.05) is 25.1 Å². The molecule has 2 rings (SSSR count). The first kappa shape index (κ1) is 16.8. The molecule has 0 saturated heterocycles. The van der Waals surface area contributed by atoms with E-state index >= 15 is 0 Å². The third kappa shape index (κ3) is 3.10. The van der Waals surface area contributed by atoms with Crippen molar-refractivity contribution in [1.82, 2.24) is 0 Å². The van der Waals surface area contributed by atoms with Crippen molar-refractivity contribution in [3.63, 3.8) is 0 Å². The maximum atomic E-state index is 11.7. The monoisotopic (exact) mass is 487 g/mol. The lowest BCUT2D eigenvalue weighted by atomic mass is 9.98. The third-order valence-electron chi connectivity index (χ3n) is 3.10. The number of nitrogens with zero attached hydrogens (tertiary/aromatic N) is 1. The SMILES string of the molecule is CN=C1c2ccc(C)cc2CC1(O)C(=O)OC.II. The van der Waals surface area contributed by atoms with E-state index in [-0.39, 0.29) is 6.42 Å². The van der Waals surface area contributed by atoms with E-state index in [2.05, 4.69) is 47.0 Å². The zero-order valence-corrected chi connectivity index (χ0v) is 15.2. The van der Waals surface area contributed by atoms with Gasteiger partial charge in [0.25, 0.3) is 0 Å². The zero-order valence-electron chi connectivity index (χ0n) is 10.9. The van der Waals surface area contributed by atoms with E-state index in [9.17, 15) is 9.90 Å². The molecule has 1 unspecified atom stereocenters. The maximum absolute atomic E-state index is 11.7. The fourth-order valence-electron chi connectivity index (χ4n) is 2.33. The maximum Gasteiger partial charge on any atom is 0.344 e. The van der Waals surface area contributed by atoms with Gasteiger partial charge >= 0.3 is 5.97 Å². The Balaban J connectivity index is 0.000000861. The molecular formula is C13H15I2NO3. The lowest BCUT2D eigenvalue weighted by Crippen LogP contribution is -2.45. The van der Waals surface area contributed by atoms with Gasteiger partial charge in [-0.1, -0.05) is 23.8 Å². The first-order chi connectivity index (χ1) is 9.02. The van der Waals surface area contributed by atoms with Crippen LogP contribution in [0.2, 0.25) is 0 Å². The van der Waals surface area contributed by atoms with Gasteiger partial charge in [-0.3, -0.25) is 4.99 Å². The molecule has 1 aliphatic rings. The summed E-state index contributed by atoms with van der Waals surface area (Å²) in [7, 11) is 2.83. The molecule has 1 aromatic carbocycles. The number of carbonyl (C=O) groups is 1. The molecule has 1 atom stereocenters. The van der Waals surface area contributed by atoms with Gasteiger partial charge < -0.3 is 9.84 Å². The van der Waals surface area contributed by atoms with Gasteiger partial charge in [0.05, 0.1) is 12.8 Å². The molecule has 104 valence electrons. The summed E-state index contributed by atoms with van der Waals surface area (Å²) in [6, 6.07) is 5.78. The van der Waals surface area contributed by atoms with Crippen LogP contribution in [0.3, 0.4) is 0 Å². The fraction of sp³-hybridized carbons (Fsp3) is 0.385. The minimum Gasteiger partial charge on any atom is -0.467 e. The van der Waals surface area contributed by atoms with Crippen LogP contribution in [0.25, 0.3) is 0 Å². The highest BCUT2D eigenvalue weighted by molar-refractivity contribution is 15.0. The minimum absolute atomic E-state index is 0.226. The molecule has 0 bridgehead atoms. The van der Waals surface area contributed by atoms with Crippen molar-refractivity contribution < 1.29 is 14.6 Å². The van der Waals surface area contributed by atoms with Crippen LogP contribution >= 0.6 is 37.2 Å². The van der Waals surface area contributed by atoms with Gasteiger partial charge in [-0.15, -0.1) is 0 Å². The van der Waals surface area contributed by atoms with Crippen LogP contribution in [0, 0.1) is 6.92 Å². The number of aryl methyl sites for hydroxylation is 1. The van der Waals surface area contributed by atoms with Gasteiger partial charge in [0, 0.05) is 56.3 Å². The lowest BCUT2D eigenvalue weighted by Gasteiger charge is -2.19. The van der Waals surface area contributed by atoms with Gasteiger partial charge in [-0.2, -0.15) is 0 Å². The molecule has 1 N–H and O–H groups in total. The van der Waals surface area contributed by atoms with Crippen LogP contribution in [0.15, 0.2) is 23.2 Å². The number of hydrogen-bond donors (Lipinski definition) is 1. The summed E-state index contributed by atoms with van der Waals surface area (Å²) in [6.07, 6.45) is 0.226. The minimum atomic E-state index is -1.64. The van der Waals surface area contributed by atoms with E-state index < -0.39 is 11.6 Å². The molecule has 0 heterocycles. The predicted octanol–water partition coefficient (Wildman–Crippen LogP) is 2.65. The number of aliphatic imine (C=N–C) groups is 1. The first-order valence-corrected chi connectivity index (χ1v) is 11.8. The van der Waals surface area contributed by atoms with E-state index in [1.54, 1.807) is 7.05 Å². The molecule has 0 fully saturated rings. The van der Waals surface area contributed by atoms with E-state index in [1.165, 1.54) is 7.11 Å². The number of ether oxygens (including phenoxy) is 1. The molecule has 0 spiro atoms. The summed E-state index contributed by atoms with van der Waals surface area (Å²) in [5.74, 6) is -0.660. The second-order valence-corrected chi connectivity index (χ2v) is 4.26. The zero-order chi connectivity index (χ0) is 14.6. The normalized spacial score (nSPS) is 22.5. The number of carbonyl (C=O) groups excluding carboxylic acids is 1. The highest BCUT2D eigenvalue weighted by Gasteiger charge is 2.48. The number of benzene rings is 1. The highest BCUT2D eigenvalue weighted by atomic mass is 128. The Bertz CT molecular complexity index is 517. The second kappa shape index (κ2) is 6.98. The van der Waals surface area contributed by atoms with Crippen LogP contribution < -0.4 is 0 Å². The molecule has 0 aliphatic heterocycles. The number of methoxy groups -OCH3 is 1. The summed E-state index contributed by atoms with van der Waals surface area (Å²) in [4.78, 5) is 15.8. The van der Waals surface area contributed by atoms with Gasteiger partial charge in [-0.25, -0.2) is 4.79 Å². The van der Waals surface area contributed by atoms with Crippen molar-refractivity contribution in [2.45, 2.75) is 18.9 Å². The summed E-state index contributed by atoms with van der Waals surface area (Å²) in [6.45, 7) is 1.97. The van der Waals surface area contributed by atoms with Gasteiger partial charge in [-0.05, 0) is 12.5 Å². The van der Waals surface area contributed by atoms with Crippen LogP contribution in [0.5, 0.6) is 0 Å². The fourth-order valence-corrected chi connectivity index (χ4v) is 2.33. The molecular weight excluding hydrogens is 472 g/mol. The van der Waals surface area contributed by atoms with E-state index in [0.29, 0.717) is 5.71 Å². The molecule has 1 aromatic rings. The number of rotatable bonds is 1. The Morgan fingerprint density at radius 2 is 2.11 bits per heavy atom. The molecule has 0 saturated carbocycles. The van der Waals surface area contributed by atoms with Crippen molar-refractivity contribution >= 4 is 48.9 Å². The Hall–Kier alpha value is -0.220. The summed E-state index contributed by atoms with van der Waals surface area (Å²) >= 11 is 4.24. The standard InChI is InChI=1S/C13H15NO3.I2/c1-8-4-5-10-9(6-8)7-13(16,11(10)14-2)12(15)17-3;1-2/h4-6,16H,7H2,1-3H3;. The molecule has 6 heteroatoms. The quantitative estimate of drug-likeness (QED) is 0.490. The topological polar surface area (TPSA) is 58.9 Å². The van der Waals surface area contributed by atoms with Crippen LogP contribution in [0.4, 0.5) is 0 Å². The molecule has 0 radical (unpaired) electrons. The number of fused-ring (bicyclic) bond motifs is 1. The molecule has 1 aliphatic carbocycles. The Labute approximate surface area is 136 Å².